The molecule has 0 saturated heterocycles. The van der Waals surface area contributed by atoms with Gasteiger partial charge in [0.2, 0.25) is 5.91 Å². The van der Waals surface area contributed by atoms with Crippen molar-refractivity contribution in [3.63, 3.8) is 0 Å². The molecule has 1 aliphatic heterocycles. The van der Waals surface area contributed by atoms with E-state index in [2.05, 4.69) is 4.98 Å². The number of thiazole rings is 1. The van der Waals surface area contributed by atoms with Crippen LogP contribution in [0.15, 0.2) is 35.8 Å². The molecule has 6 heteroatoms. The lowest BCUT2D eigenvalue weighted by atomic mass is 10.0. The van der Waals surface area contributed by atoms with Crippen LogP contribution in [0.5, 0.6) is 0 Å². The molecule has 2 aromatic rings. The number of amides is 1. The highest BCUT2D eigenvalue weighted by Gasteiger charge is 2.35. The second-order valence-corrected chi connectivity index (χ2v) is 5.86. The Kier molecular flexibility index (Phi) is 3.70. The first-order chi connectivity index (χ1) is 10.2. The molecular weight excluding hydrogens is 288 g/mol. The maximum absolute atomic E-state index is 12.4. The van der Waals surface area contributed by atoms with Gasteiger partial charge in [-0.25, -0.2) is 4.98 Å². The van der Waals surface area contributed by atoms with Gasteiger partial charge in [0.1, 0.15) is 5.92 Å². The summed E-state index contributed by atoms with van der Waals surface area (Å²) in [5.74, 6) is -1.58. The average molecular weight is 302 g/mol. The molecule has 0 radical (unpaired) electrons. The molecule has 1 atom stereocenters. The minimum atomic E-state index is -0.891. The lowest BCUT2D eigenvalue weighted by Crippen LogP contribution is -2.31. The van der Waals surface area contributed by atoms with E-state index in [-0.39, 0.29) is 12.5 Å². The highest BCUT2D eigenvalue weighted by Crippen LogP contribution is 2.36. The van der Waals surface area contributed by atoms with E-state index in [0.29, 0.717) is 24.1 Å². The summed E-state index contributed by atoms with van der Waals surface area (Å²) in [6.45, 7) is 0.214. The van der Waals surface area contributed by atoms with Gasteiger partial charge in [-0.2, -0.15) is 0 Å². The van der Waals surface area contributed by atoms with Gasteiger partial charge in [0.25, 0.3) is 0 Å². The molecule has 0 unspecified atom stereocenters. The third-order valence-corrected chi connectivity index (χ3v) is 4.44. The normalized spacial score (nSPS) is 16.8. The monoisotopic (exact) mass is 302 g/mol. The number of carbonyl (C=O) groups excluding carboxylic acids is 1. The van der Waals surface area contributed by atoms with Crippen LogP contribution in [0, 0.1) is 0 Å². The number of para-hydroxylation sites is 1. The molecule has 1 amide bonds. The zero-order chi connectivity index (χ0) is 14.8. The summed E-state index contributed by atoms with van der Waals surface area (Å²) in [5.41, 5.74) is 1.43. The SMILES string of the molecule is O=C(O)[C@@H]1CN(C(=O)CCc2nccs2)c2ccccc21. The third-order valence-electron chi connectivity index (χ3n) is 3.60. The number of carboxylic acids is 1. The van der Waals surface area contributed by atoms with E-state index in [1.165, 1.54) is 11.3 Å². The summed E-state index contributed by atoms with van der Waals surface area (Å²) in [4.78, 5) is 29.5. The zero-order valence-corrected chi connectivity index (χ0v) is 12.0. The van der Waals surface area contributed by atoms with Crippen LogP contribution >= 0.6 is 11.3 Å². The molecule has 21 heavy (non-hydrogen) atoms. The van der Waals surface area contributed by atoms with Gasteiger partial charge in [-0.3, -0.25) is 9.59 Å². The summed E-state index contributed by atoms with van der Waals surface area (Å²) in [5, 5.41) is 12.1. The Morgan fingerprint density at radius 2 is 2.19 bits per heavy atom. The van der Waals surface area contributed by atoms with Crippen molar-refractivity contribution in [1.29, 1.82) is 0 Å². The standard InChI is InChI=1S/C15H14N2O3S/c18-14(6-5-13-16-7-8-21-13)17-9-11(15(19)20)10-3-1-2-4-12(10)17/h1-4,7-8,11H,5-6,9H2,(H,19,20)/t11-/m1/s1. The van der Waals surface area contributed by atoms with Crippen molar-refractivity contribution in [2.24, 2.45) is 0 Å². The Hall–Kier alpha value is -2.21. The van der Waals surface area contributed by atoms with Crippen molar-refractivity contribution < 1.29 is 14.7 Å². The van der Waals surface area contributed by atoms with Gasteiger partial charge < -0.3 is 10.0 Å². The lowest BCUT2D eigenvalue weighted by molar-refractivity contribution is -0.138. The van der Waals surface area contributed by atoms with Crippen molar-refractivity contribution in [1.82, 2.24) is 4.98 Å². The summed E-state index contributed by atoms with van der Waals surface area (Å²) >= 11 is 1.52. The second kappa shape index (κ2) is 5.65. The molecule has 1 aromatic heterocycles. The number of carboxylic acid groups (broad SMARTS) is 1. The first-order valence-electron chi connectivity index (χ1n) is 6.67. The number of aromatic nitrogens is 1. The molecule has 0 saturated carbocycles. The van der Waals surface area contributed by atoms with E-state index in [0.717, 1.165) is 5.01 Å². The van der Waals surface area contributed by atoms with Crippen LogP contribution in [0.4, 0.5) is 5.69 Å². The molecule has 1 N–H and O–H groups in total. The number of hydrogen-bond donors (Lipinski definition) is 1. The second-order valence-electron chi connectivity index (χ2n) is 4.88. The van der Waals surface area contributed by atoms with Crippen LogP contribution in [-0.4, -0.2) is 28.5 Å². The first-order valence-corrected chi connectivity index (χ1v) is 7.55. The van der Waals surface area contributed by atoms with Gasteiger partial charge in [0.15, 0.2) is 0 Å². The topological polar surface area (TPSA) is 70.5 Å². The number of aryl methyl sites for hydroxylation is 1. The quantitative estimate of drug-likeness (QED) is 0.940. The molecule has 2 heterocycles. The van der Waals surface area contributed by atoms with E-state index in [1.807, 2.05) is 11.4 Å². The van der Waals surface area contributed by atoms with Crippen molar-refractivity contribution in [3.05, 3.63) is 46.4 Å². The summed E-state index contributed by atoms with van der Waals surface area (Å²) in [7, 11) is 0. The molecule has 108 valence electrons. The van der Waals surface area contributed by atoms with E-state index >= 15 is 0 Å². The molecule has 0 bridgehead atoms. The molecule has 0 fully saturated rings. The van der Waals surface area contributed by atoms with Gasteiger partial charge in [0.05, 0.1) is 5.01 Å². The molecule has 0 aliphatic carbocycles. The Labute approximate surface area is 125 Å². The van der Waals surface area contributed by atoms with Crippen LogP contribution in [-0.2, 0) is 16.0 Å². The summed E-state index contributed by atoms with van der Waals surface area (Å²) in [6.07, 6.45) is 2.65. The Morgan fingerprint density at radius 3 is 2.90 bits per heavy atom. The molecule has 1 aliphatic rings. The van der Waals surface area contributed by atoms with Crippen LogP contribution in [0.2, 0.25) is 0 Å². The Bertz CT molecular complexity index is 669. The minimum absolute atomic E-state index is 0.0543. The number of fused-ring (bicyclic) bond motifs is 1. The van der Waals surface area contributed by atoms with E-state index < -0.39 is 11.9 Å². The van der Waals surface area contributed by atoms with Crippen LogP contribution in [0.1, 0.15) is 22.9 Å². The Morgan fingerprint density at radius 1 is 1.38 bits per heavy atom. The van der Waals surface area contributed by atoms with Crippen LogP contribution in [0.25, 0.3) is 0 Å². The van der Waals surface area contributed by atoms with Crippen LogP contribution in [0.3, 0.4) is 0 Å². The molecule has 5 nitrogen and oxygen atoms in total. The zero-order valence-electron chi connectivity index (χ0n) is 11.2. The van der Waals surface area contributed by atoms with Crippen molar-refractivity contribution in [2.45, 2.75) is 18.8 Å². The fourth-order valence-electron chi connectivity index (χ4n) is 2.58. The van der Waals surface area contributed by atoms with Crippen LogP contribution < -0.4 is 4.90 Å². The van der Waals surface area contributed by atoms with E-state index in [9.17, 15) is 14.7 Å². The molecule has 1 aromatic carbocycles. The number of carbonyl (C=O) groups is 2. The fourth-order valence-corrected chi connectivity index (χ4v) is 3.20. The number of benzene rings is 1. The van der Waals surface area contributed by atoms with E-state index in [1.54, 1.807) is 29.3 Å². The average Bonchev–Trinajstić information content (AvgIpc) is 3.12. The smallest absolute Gasteiger partial charge is 0.312 e. The first kappa shape index (κ1) is 13.8. The predicted molar refractivity (Wildman–Crippen MR) is 79.6 cm³/mol. The maximum Gasteiger partial charge on any atom is 0.312 e. The number of anilines is 1. The predicted octanol–water partition coefficient (Wildman–Crippen LogP) is 2.29. The van der Waals surface area contributed by atoms with Crippen molar-refractivity contribution >= 4 is 28.9 Å². The maximum atomic E-state index is 12.4. The van der Waals surface area contributed by atoms with Gasteiger partial charge in [0, 0.05) is 36.7 Å². The van der Waals surface area contributed by atoms with Crippen molar-refractivity contribution in [3.8, 4) is 0 Å². The van der Waals surface area contributed by atoms with Gasteiger partial charge in [-0.05, 0) is 11.6 Å². The highest BCUT2D eigenvalue weighted by atomic mass is 32.1. The van der Waals surface area contributed by atoms with Gasteiger partial charge in [-0.1, -0.05) is 18.2 Å². The Balaban J connectivity index is 1.76. The van der Waals surface area contributed by atoms with Crippen molar-refractivity contribution in [2.75, 3.05) is 11.4 Å². The minimum Gasteiger partial charge on any atom is -0.481 e. The van der Waals surface area contributed by atoms with Gasteiger partial charge in [-0.15, -0.1) is 11.3 Å². The summed E-state index contributed by atoms with van der Waals surface area (Å²) in [6, 6.07) is 7.21. The number of rotatable bonds is 4. The molecular formula is C15H14N2O3S. The largest absolute Gasteiger partial charge is 0.481 e. The van der Waals surface area contributed by atoms with E-state index in [4.69, 9.17) is 0 Å². The number of aliphatic carboxylic acids is 1. The third kappa shape index (κ3) is 2.67. The lowest BCUT2D eigenvalue weighted by Gasteiger charge is -2.17. The van der Waals surface area contributed by atoms with Gasteiger partial charge >= 0.3 is 5.97 Å². The number of nitrogens with zero attached hydrogens (tertiary/aromatic N) is 2. The number of hydrogen-bond acceptors (Lipinski definition) is 4. The fraction of sp³-hybridized carbons (Fsp3) is 0.267. The highest BCUT2D eigenvalue weighted by molar-refractivity contribution is 7.09. The molecule has 0 spiro atoms. The molecule has 3 rings (SSSR count). The summed E-state index contributed by atoms with van der Waals surface area (Å²) < 4.78 is 0.